The minimum absolute atomic E-state index is 0.0455. The molecular weight excluding hydrogens is 417 g/mol. The summed E-state index contributed by atoms with van der Waals surface area (Å²) in [6.07, 6.45) is 6.39. The molecule has 5 nitrogen and oxygen atoms in total. The molecule has 0 bridgehead atoms. The van der Waals surface area contributed by atoms with Gasteiger partial charge >= 0.3 is 6.01 Å². The largest absolute Gasteiger partial charge is 0.424 e. The monoisotopic (exact) mass is 439 g/mol. The number of aryl methyl sites for hydroxylation is 1. The van der Waals surface area contributed by atoms with Crippen molar-refractivity contribution in [2.75, 3.05) is 0 Å². The predicted octanol–water partition coefficient (Wildman–Crippen LogP) is 5.88. The van der Waals surface area contributed by atoms with Crippen molar-refractivity contribution in [3.63, 3.8) is 0 Å². The van der Waals surface area contributed by atoms with Crippen molar-refractivity contribution in [2.45, 2.75) is 25.3 Å². The number of halogens is 1. The van der Waals surface area contributed by atoms with Crippen LogP contribution in [0.1, 0.15) is 40.4 Å². The lowest BCUT2D eigenvalue weighted by Gasteiger charge is -2.26. The number of fused-ring (bicyclic) bond motifs is 1. The Balaban J connectivity index is 1.25. The van der Waals surface area contributed by atoms with Crippen molar-refractivity contribution in [2.24, 2.45) is 0 Å². The van der Waals surface area contributed by atoms with Gasteiger partial charge in [0.25, 0.3) is 5.91 Å². The molecule has 1 heterocycles. The third-order valence-corrected chi connectivity index (χ3v) is 5.81. The van der Waals surface area contributed by atoms with E-state index in [-0.39, 0.29) is 23.8 Å². The number of carbonyl (C=O) groups is 1. The second-order valence-electron chi connectivity index (χ2n) is 8.00. The molecule has 1 atom stereocenters. The van der Waals surface area contributed by atoms with Crippen LogP contribution in [0.2, 0.25) is 0 Å². The number of rotatable bonds is 5. The van der Waals surface area contributed by atoms with Crippen molar-refractivity contribution >= 4 is 5.91 Å². The van der Waals surface area contributed by atoms with Gasteiger partial charge in [-0.25, -0.2) is 14.4 Å². The smallest absolute Gasteiger partial charge is 0.321 e. The molecule has 1 N–H and O–H groups in total. The molecule has 5 rings (SSSR count). The summed E-state index contributed by atoms with van der Waals surface area (Å²) >= 11 is 0. The van der Waals surface area contributed by atoms with E-state index in [1.54, 1.807) is 12.4 Å². The molecule has 3 aromatic carbocycles. The molecular formula is C27H22FN3O2. The number of aromatic nitrogens is 2. The maximum absolute atomic E-state index is 13.0. The molecule has 33 heavy (non-hydrogen) atoms. The maximum atomic E-state index is 13.0. The standard InChI is InChI=1S/C27H22FN3O2/c28-22-12-14-23(15-13-22)33-27-29-16-21(17-30-27)18-8-10-20(11-9-18)26(32)31-25-7-3-5-19-4-1-2-6-24(19)25/h1-2,4,6,8-17,25H,3,5,7H2,(H,31,32)/t25-/m0/s1. The number of benzene rings is 3. The molecule has 1 aromatic heterocycles. The highest BCUT2D eigenvalue weighted by molar-refractivity contribution is 5.95. The highest BCUT2D eigenvalue weighted by Gasteiger charge is 2.21. The SMILES string of the molecule is O=C(N[C@H]1CCCc2ccccc21)c1ccc(-c2cnc(Oc3ccc(F)cc3)nc2)cc1. The summed E-state index contributed by atoms with van der Waals surface area (Å²) in [7, 11) is 0. The topological polar surface area (TPSA) is 64.1 Å². The number of hydrogen-bond donors (Lipinski definition) is 1. The van der Waals surface area contributed by atoms with Crippen LogP contribution in [-0.4, -0.2) is 15.9 Å². The lowest BCUT2D eigenvalue weighted by Crippen LogP contribution is -2.30. The van der Waals surface area contributed by atoms with Gasteiger partial charge in [-0.05, 0) is 72.4 Å². The van der Waals surface area contributed by atoms with Gasteiger partial charge in [0.15, 0.2) is 0 Å². The first-order chi connectivity index (χ1) is 16.2. The minimum atomic E-state index is -0.334. The Morgan fingerprint density at radius 3 is 2.39 bits per heavy atom. The quantitative estimate of drug-likeness (QED) is 0.422. The average Bonchev–Trinajstić information content (AvgIpc) is 2.86. The zero-order valence-corrected chi connectivity index (χ0v) is 17.9. The number of hydrogen-bond acceptors (Lipinski definition) is 4. The summed E-state index contributed by atoms with van der Waals surface area (Å²) in [6.45, 7) is 0. The minimum Gasteiger partial charge on any atom is -0.424 e. The summed E-state index contributed by atoms with van der Waals surface area (Å²) in [6, 6.07) is 21.6. The first kappa shape index (κ1) is 20.8. The molecule has 0 aliphatic heterocycles. The molecule has 0 spiro atoms. The van der Waals surface area contributed by atoms with Gasteiger partial charge in [-0.15, -0.1) is 0 Å². The van der Waals surface area contributed by atoms with Gasteiger partial charge in [0.05, 0.1) is 6.04 Å². The number of carbonyl (C=O) groups excluding carboxylic acids is 1. The van der Waals surface area contributed by atoms with Crippen molar-refractivity contribution in [1.82, 2.24) is 15.3 Å². The molecule has 0 saturated heterocycles. The molecule has 0 radical (unpaired) electrons. The van der Waals surface area contributed by atoms with E-state index in [0.717, 1.165) is 30.4 Å². The Labute approximate surface area is 191 Å². The lowest BCUT2D eigenvalue weighted by atomic mass is 9.87. The van der Waals surface area contributed by atoms with E-state index in [4.69, 9.17) is 4.74 Å². The van der Waals surface area contributed by atoms with Gasteiger partial charge in [-0.3, -0.25) is 4.79 Å². The first-order valence-electron chi connectivity index (χ1n) is 10.9. The van der Waals surface area contributed by atoms with Crippen molar-refractivity contribution in [3.05, 3.63) is 108 Å². The fourth-order valence-corrected chi connectivity index (χ4v) is 4.09. The zero-order valence-electron chi connectivity index (χ0n) is 17.9. The third-order valence-electron chi connectivity index (χ3n) is 5.81. The van der Waals surface area contributed by atoms with Crippen LogP contribution in [0.4, 0.5) is 4.39 Å². The van der Waals surface area contributed by atoms with Gasteiger partial charge < -0.3 is 10.1 Å². The van der Waals surface area contributed by atoms with Crippen LogP contribution in [0.3, 0.4) is 0 Å². The molecule has 0 unspecified atom stereocenters. The van der Waals surface area contributed by atoms with Crippen molar-refractivity contribution < 1.29 is 13.9 Å². The summed E-state index contributed by atoms with van der Waals surface area (Å²) in [5.41, 5.74) is 4.83. The van der Waals surface area contributed by atoms with E-state index in [1.807, 2.05) is 36.4 Å². The Morgan fingerprint density at radius 2 is 1.64 bits per heavy atom. The number of nitrogens with one attached hydrogen (secondary N) is 1. The van der Waals surface area contributed by atoms with Crippen LogP contribution in [0.15, 0.2) is 85.2 Å². The van der Waals surface area contributed by atoms with Crippen molar-refractivity contribution in [1.29, 1.82) is 0 Å². The van der Waals surface area contributed by atoms with Crippen molar-refractivity contribution in [3.8, 4) is 22.9 Å². The van der Waals surface area contributed by atoms with Crippen LogP contribution in [0, 0.1) is 5.82 Å². The zero-order chi connectivity index (χ0) is 22.6. The average molecular weight is 439 g/mol. The predicted molar refractivity (Wildman–Crippen MR) is 124 cm³/mol. The second kappa shape index (κ2) is 9.20. The second-order valence-corrected chi connectivity index (χ2v) is 8.00. The van der Waals surface area contributed by atoms with Gasteiger partial charge in [0, 0.05) is 23.5 Å². The molecule has 6 heteroatoms. The Kier molecular flexibility index (Phi) is 5.81. The van der Waals surface area contributed by atoms with Crippen LogP contribution in [0.25, 0.3) is 11.1 Å². The molecule has 1 aliphatic carbocycles. The first-order valence-corrected chi connectivity index (χ1v) is 10.9. The van der Waals surface area contributed by atoms with Gasteiger partial charge in [-0.1, -0.05) is 36.4 Å². The fraction of sp³-hybridized carbons (Fsp3) is 0.148. The summed E-state index contributed by atoms with van der Waals surface area (Å²) in [5, 5.41) is 3.18. The lowest BCUT2D eigenvalue weighted by molar-refractivity contribution is 0.0933. The highest BCUT2D eigenvalue weighted by Crippen LogP contribution is 2.30. The maximum Gasteiger partial charge on any atom is 0.321 e. The third kappa shape index (κ3) is 4.75. The molecule has 1 amide bonds. The number of amides is 1. The van der Waals surface area contributed by atoms with Crippen LogP contribution in [-0.2, 0) is 6.42 Å². The summed E-state index contributed by atoms with van der Waals surface area (Å²) < 4.78 is 18.5. The normalized spacial score (nSPS) is 14.9. The molecule has 1 aliphatic rings. The summed E-state index contributed by atoms with van der Waals surface area (Å²) in [5.74, 6) is 0.0435. The summed E-state index contributed by atoms with van der Waals surface area (Å²) in [4.78, 5) is 21.3. The number of ether oxygens (including phenoxy) is 1. The Bertz CT molecular complexity index is 1260. The van der Waals surface area contributed by atoms with Gasteiger partial charge in [0.1, 0.15) is 11.6 Å². The van der Waals surface area contributed by atoms with E-state index in [1.165, 1.54) is 35.4 Å². The molecule has 4 aromatic rings. The fourth-order valence-electron chi connectivity index (χ4n) is 4.09. The Morgan fingerprint density at radius 1 is 0.909 bits per heavy atom. The highest BCUT2D eigenvalue weighted by atomic mass is 19.1. The number of nitrogens with zero attached hydrogens (tertiary/aromatic N) is 2. The molecule has 0 saturated carbocycles. The van der Waals surface area contributed by atoms with Gasteiger partial charge in [0.2, 0.25) is 0 Å². The van der Waals surface area contributed by atoms with E-state index in [2.05, 4.69) is 27.4 Å². The van der Waals surface area contributed by atoms with Gasteiger partial charge in [-0.2, -0.15) is 0 Å². The molecule has 0 fully saturated rings. The van der Waals surface area contributed by atoms with Crippen LogP contribution >= 0.6 is 0 Å². The Hall–Kier alpha value is -4.06. The van der Waals surface area contributed by atoms with E-state index in [0.29, 0.717) is 11.3 Å². The van der Waals surface area contributed by atoms with E-state index in [9.17, 15) is 9.18 Å². The molecule has 164 valence electrons. The van der Waals surface area contributed by atoms with E-state index < -0.39 is 0 Å². The van der Waals surface area contributed by atoms with E-state index >= 15 is 0 Å². The van der Waals surface area contributed by atoms with Crippen LogP contribution in [0.5, 0.6) is 11.8 Å². The van der Waals surface area contributed by atoms with Crippen LogP contribution < -0.4 is 10.1 Å².